The second-order valence-corrected chi connectivity index (χ2v) is 5.06. The van der Waals surface area contributed by atoms with Gasteiger partial charge in [-0.05, 0) is 52.7 Å². The second-order valence-electron chi connectivity index (χ2n) is 3.71. The van der Waals surface area contributed by atoms with Crippen LogP contribution >= 0.6 is 27.5 Å². The number of aromatic nitrogens is 1. The minimum atomic E-state index is 0.495. The van der Waals surface area contributed by atoms with Gasteiger partial charge in [-0.3, -0.25) is 4.98 Å². The summed E-state index contributed by atoms with van der Waals surface area (Å²) in [4.78, 5) is 4.09. The molecule has 17 heavy (non-hydrogen) atoms. The van der Waals surface area contributed by atoms with E-state index in [2.05, 4.69) is 20.9 Å². The lowest BCUT2D eigenvalue weighted by molar-refractivity contribution is 0.303. The van der Waals surface area contributed by atoms with Crippen molar-refractivity contribution < 1.29 is 4.74 Å². The maximum absolute atomic E-state index is 5.88. The molecule has 0 radical (unpaired) electrons. The number of halogens is 2. The molecule has 0 saturated carbocycles. The lowest BCUT2D eigenvalue weighted by Gasteiger charge is -2.09. The van der Waals surface area contributed by atoms with Gasteiger partial charge in [0.2, 0.25) is 0 Å². The van der Waals surface area contributed by atoms with Crippen molar-refractivity contribution in [2.45, 2.75) is 13.5 Å². The third kappa shape index (κ3) is 3.45. The average Bonchev–Trinajstić information content (AvgIpc) is 2.28. The number of pyridine rings is 1. The van der Waals surface area contributed by atoms with E-state index >= 15 is 0 Å². The molecule has 0 aliphatic heterocycles. The van der Waals surface area contributed by atoms with Crippen LogP contribution in [0.2, 0.25) is 5.02 Å². The van der Waals surface area contributed by atoms with E-state index in [1.54, 1.807) is 12.4 Å². The standard InChI is InChI=1S/C13H11BrClNO/c1-9-4-12(15)2-3-13(9)17-8-10-5-11(14)7-16-6-10/h2-7H,8H2,1H3. The van der Waals surface area contributed by atoms with Gasteiger partial charge in [-0.1, -0.05) is 11.6 Å². The average molecular weight is 313 g/mol. The zero-order valence-corrected chi connectivity index (χ0v) is 11.6. The summed E-state index contributed by atoms with van der Waals surface area (Å²) in [6.45, 7) is 2.47. The van der Waals surface area contributed by atoms with Crippen LogP contribution in [0.1, 0.15) is 11.1 Å². The van der Waals surface area contributed by atoms with Gasteiger partial charge >= 0.3 is 0 Å². The Hall–Kier alpha value is -1.06. The molecule has 1 aromatic carbocycles. The predicted octanol–water partition coefficient (Wildman–Crippen LogP) is 4.38. The van der Waals surface area contributed by atoms with Crippen molar-refractivity contribution in [3.05, 3.63) is 57.3 Å². The summed E-state index contributed by atoms with van der Waals surface area (Å²) < 4.78 is 6.66. The molecule has 0 aliphatic rings. The van der Waals surface area contributed by atoms with Crippen LogP contribution in [0.3, 0.4) is 0 Å². The Morgan fingerprint density at radius 2 is 2.12 bits per heavy atom. The highest BCUT2D eigenvalue weighted by molar-refractivity contribution is 9.10. The van der Waals surface area contributed by atoms with Crippen LogP contribution < -0.4 is 4.74 Å². The zero-order chi connectivity index (χ0) is 12.3. The first-order valence-electron chi connectivity index (χ1n) is 5.13. The number of benzene rings is 1. The predicted molar refractivity (Wildman–Crippen MR) is 72.5 cm³/mol. The van der Waals surface area contributed by atoms with E-state index in [4.69, 9.17) is 16.3 Å². The Balaban J connectivity index is 2.07. The zero-order valence-electron chi connectivity index (χ0n) is 9.28. The van der Waals surface area contributed by atoms with Gasteiger partial charge in [0.15, 0.2) is 0 Å². The van der Waals surface area contributed by atoms with Crippen LogP contribution in [-0.2, 0) is 6.61 Å². The number of rotatable bonds is 3. The number of hydrogen-bond donors (Lipinski definition) is 0. The van der Waals surface area contributed by atoms with Crippen molar-refractivity contribution in [3.8, 4) is 5.75 Å². The largest absolute Gasteiger partial charge is 0.489 e. The van der Waals surface area contributed by atoms with E-state index in [0.29, 0.717) is 6.61 Å². The topological polar surface area (TPSA) is 22.1 Å². The third-order valence-corrected chi connectivity index (χ3v) is 2.96. The Labute approximate surface area is 114 Å². The molecule has 0 aliphatic carbocycles. The van der Waals surface area contributed by atoms with Gasteiger partial charge in [-0.2, -0.15) is 0 Å². The summed E-state index contributed by atoms with van der Waals surface area (Å²) in [5.74, 6) is 0.842. The van der Waals surface area contributed by atoms with Gasteiger partial charge in [0.25, 0.3) is 0 Å². The summed E-state index contributed by atoms with van der Waals surface area (Å²) in [6, 6.07) is 7.57. The molecule has 2 nitrogen and oxygen atoms in total. The number of hydrogen-bond acceptors (Lipinski definition) is 2. The van der Waals surface area contributed by atoms with E-state index in [-0.39, 0.29) is 0 Å². The monoisotopic (exact) mass is 311 g/mol. The highest BCUT2D eigenvalue weighted by atomic mass is 79.9. The Kier molecular flexibility index (Phi) is 4.02. The molecule has 0 unspecified atom stereocenters. The number of aryl methyl sites for hydroxylation is 1. The first kappa shape index (κ1) is 12.4. The van der Waals surface area contributed by atoms with Gasteiger partial charge in [-0.25, -0.2) is 0 Å². The lowest BCUT2D eigenvalue weighted by Crippen LogP contribution is -1.97. The van der Waals surface area contributed by atoms with Crippen molar-refractivity contribution in [1.82, 2.24) is 4.98 Å². The van der Waals surface area contributed by atoms with Gasteiger partial charge in [0.05, 0.1) is 0 Å². The summed E-state index contributed by atoms with van der Waals surface area (Å²) >= 11 is 9.26. The van der Waals surface area contributed by atoms with Gasteiger partial charge in [-0.15, -0.1) is 0 Å². The van der Waals surface area contributed by atoms with Crippen molar-refractivity contribution in [2.75, 3.05) is 0 Å². The van der Waals surface area contributed by atoms with E-state index in [1.165, 1.54) is 0 Å². The fourth-order valence-electron chi connectivity index (χ4n) is 1.47. The molecule has 4 heteroatoms. The molecule has 0 spiro atoms. The molecule has 0 atom stereocenters. The molecule has 2 aromatic rings. The Morgan fingerprint density at radius 1 is 1.29 bits per heavy atom. The molecule has 0 saturated heterocycles. The van der Waals surface area contributed by atoms with Crippen LogP contribution in [-0.4, -0.2) is 4.98 Å². The lowest BCUT2D eigenvalue weighted by atomic mass is 10.2. The van der Waals surface area contributed by atoms with Crippen molar-refractivity contribution in [3.63, 3.8) is 0 Å². The van der Waals surface area contributed by atoms with Gasteiger partial charge in [0.1, 0.15) is 12.4 Å². The summed E-state index contributed by atoms with van der Waals surface area (Å²) in [7, 11) is 0. The fourth-order valence-corrected chi connectivity index (χ4v) is 2.11. The first-order valence-corrected chi connectivity index (χ1v) is 6.30. The van der Waals surface area contributed by atoms with E-state index in [9.17, 15) is 0 Å². The summed E-state index contributed by atoms with van der Waals surface area (Å²) in [5, 5.41) is 0.721. The molecule has 2 rings (SSSR count). The SMILES string of the molecule is Cc1cc(Cl)ccc1OCc1cncc(Br)c1. The van der Waals surface area contributed by atoms with Gasteiger partial charge in [0, 0.05) is 27.5 Å². The highest BCUT2D eigenvalue weighted by Crippen LogP contribution is 2.22. The second kappa shape index (κ2) is 5.52. The molecular weight excluding hydrogens is 302 g/mol. The molecule has 0 fully saturated rings. The van der Waals surface area contributed by atoms with E-state index < -0.39 is 0 Å². The Morgan fingerprint density at radius 3 is 2.82 bits per heavy atom. The molecule has 0 N–H and O–H groups in total. The molecule has 0 amide bonds. The third-order valence-electron chi connectivity index (χ3n) is 2.29. The minimum absolute atomic E-state index is 0.495. The number of ether oxygens (including phenoxy) is 1. The minimum Gasteiger partial charge on any atom is -0.489 e. The van der Waals surface area contributed by atoms with Crippen LogP contribution in [0.4, 0.5) is 0 Å². The summed E-state index contributed by atoms with van der Waals surface area (Å²) in [6.07, 6.45) is 3.53. The van der Waals surface area contributed by atoms with E-state index in [1.807, 2.05) is 31.2 Å². The maximum atomic E-state index is 5.88. The van der Waals surface area contributed by atoms with Crippen molar-refractivity contribution in [2.24, 2.45) is 0 Å². The highest BCUT2D eigenvalue weighted by Gasteiger charge is 2.01. The van der Waals surface area contributed by atoms with Crippen LogP contribution in [0.25, 0.3) is 0 Å². The van der Waals surface area contributed by atoms with Crippen LogP contribution in [0.5, 0.6) is 5.75 Å². The van der Waals surface area contributed by atoms with Crippen LogP contribution in [0.15, 0.2) is 41.1 Å². The number of nitrogens with zero attached hydrogens (tertiary/aromatic N) is 1. The molecule has 1 aromatic heterocycles. The first-order chi connectivity index (χ1) is 8.15. The quantitative estimate of drug-likeness (QED) is 0.839. The summed E-state index contributed by atoms with van der Waals surface area (Å²) in [5.41, 5.74) is 2.05. The van der Waals surface area contributed by atoms with Crippen molar-refractivity contribution >= 4 is 27.5 Å². The van der Waals surface area contributed by atoms with Crippen molar-refractivity contribution in [1.29, 1.82) is 0 Å². The maximum Gasteiger partial charge on any atom is 0.122 e. The smallest absolute Gasteiger partial charge is 0.122 e. The molecule has 1 heterocycles. The van der Waals surface area contributed by atoms with Gasteiger partial charge < -0.3 is 4.74 Å². The normalized spacial score (nSPS) is 10.3. The fraction of sp³-hybridized carbons (Fsp3) is 0.154. The van der Waals surface area contributed by atoms with Crippen LogP contribution in [0, 0.1) is 6.92 Å². The molecule has 88 valence electrons. The molecular formula is C13H11BrClNO. The molecule has 0 bridgehead atoms. The Bertz CT molecular complexity index is 531. The van der Waals surface area contributed by atoms with E-state index in [0.717, 1.165) is 26.4 Å².